The molecule has 21 heavy (non-hydrogen) atoms. The molecule has 0 unspecified atom stereocenters. The Morgan fingerprint density at radius 1 is 1.33 bits per heavy atom. The van der Waals surface area contributed by atoms with E-state index in [0.29, 0.717) is 0 Å². The fraction of sp³-hybridized carbons (Fsp3) is 0.154. The van der Waals surface area contributed by atoms with Crippen LogP contribution in [0.2, 0.25) is 0 Å². The lowest BCUT2D eigenvalue weighted by Crippen LogP contribution is -2.27. The number of halogens is 1. The van der Waals surface area contributed by atoms with E-state index in [1.165, 1.54) is 32.2 Å². The second-order valence-corrected chi connectivity index (χ2v) is 6.20. The summed E-state index contributed by atoms with van der Waals surface area (Å²) in [4.78, 5) is 10.5. The fourth-order valence-electron chi connectivity index (χ4n) is 1.81. The topological polar surface area (TPSA) is 87.8 Å². The van der Waals surface area contributed by atoms with Crippen molar-refractivity contribution in [3.05, 3.63) is 47.7 Å². The highest BCUT2D eigenvalue weighted by molar-refractivity contribution is 7.92. The van der Waals surface area contributed by atoms with Crippen molar-refractivity contribution in [1.82, 2.24) is 0 Å². The Morgan fingerprint density at radius 2 is 1.95 bits per heavy atom. The van der Waals surface area contributed by atoms with Crippen LogP contribution in [-0.2, 0) is 10.0 Å². The van der Waals surface area contributed by atoms with E-state index in [1.54, 1.807) is 0 Å². The molecule has 0 aliphatic rings. The van der Waals surface area contributed by atoms with E-state index in [0.717, 1.165) is 16.4 Å². The smallest absolute Gasteiger partial charge is 0.371 e. The van der Waals surface area contributed by atoms with Crippen molar-refractivity contribution in [2.75, 3.05) is 11.4 Å². The Morgan fingerprint density at radius 3 is 2.48 bits per heavy atom. The van der Waals surface area contributed by atoms with Crippen LogP contribution in [-0.4, -0.2) is 26.5 Å². The molecule has 0 radical (unpaired) electrons. The zero-order valence-electron chi connectivity index (χ0n) is 11.2. The van der Waals surface area contributed by atoms with Gasteiger partial charge < -0.3 is 9.52 Å². The molecule has 0 atom stereocenters. The first kappa shape index (κ1) is 15.0. The normalized spacial score (nSPS) is 11.4. The first-order valence-corrected chi connectivity index (χ1v) is 7.26. The number of nitrogens with zero attached hydrogens (tertiary/aromatic N) is 1. The van der Waals surface area contributed by atoms with Crippen molar-refractivity contribution < 1.29 is 27.1 Å². The summed E-state index contributed by atoms with van der Waals surface area (Å²) in [5, 5.41) is 8.83. The molecule has 0 aliphatic heterocycles. The van der Waals surface area contributed by atoms with Gasteiger partial charge in [0.15, 0.2) is 0 Å². The van der Waals surface area contributed by atoms with Crippen molar-refractivity contribution >= 4 is 21.7 Å². The van der Waals surface area contributed by atoms with Gasteiger partial charge in [-0.05, 0) is 19.1 Å². The number of carboxylic acid groups (broad SMARTS) is 1. The molecule has 0 aliphatic carbocycles. The molecule has 0 spiro atoms. The molecule has 2 rings (SSSR count). The predicted molar refractivity (Wildman–Crippen MR) is 72.4 cm³/mol. The lowest BCUT2D eigenvalue weighted by molar-refractivity contribution is 0.0661. The third-order valence-corrected chi connectivity index (χ3v) is 4.79. The van der Waals surface area contributed by atoms with Crippen LogP contribution in [0.1, 0.15) is 16.3 Å². The number of rotatable bonds is 4. The van der Waals surface area contributed by atoms with Gasteiger partial charge in [0.05, 0.1) is 5.69 Å². The van der Waals surface area contributed by atoms with Crippen LogP contribution in [0, 0.1) is 12.7 Å². The number of sulfonamides is 1. The Labute approximate surface area is 120 Å². The number of hydrogen-bond donors (Lipinski definition) is 1. The summed E-state index contributed by atoms with van der Waals surface area (Å²) < 4.78 is 44.2. The average Bonchev–Trinajstić information content (AvgIpc) is 2.81. The Kier molecular flexibility index (Phi) is 3.73. The van der Waals surface area contributed by atoms with Crippen LogP contribution in [0.5, 0.6) is 0 Å². The zero-order valence-corrected chi connectivity index (χ0v) is 12.0. The number of hydrogen-bond acceptors (Lipinski definition) is 4. The van der Waals surface area contributed by atoms with Gasteiger partial charge in [0, 0.05) is 13.1 Å². The van der Waals surface area contributed by atoms with Crippen molar-refractivity contribution in [1.29, 1.82) is 0 Å². The molecule has 0 amide bonds. The van der Waals surface area contributed by atoms with Gasteiger partial charge in [0.1, 0.15) is 16.5 Å². The molecule has 1 heterocycles. The minimum Gasteiger partial charge on any atom is -0.475 e. The second kappa shape index (κ2) is 5.21. The van der Waals surface area contributed by atoms with E-state index in [-0.39, 0.29) is 16.3 Å². The van der Waals surface area contributed by atoms with E-state index in [9.17, 15) is 17.6 Å². The summed E-state index contributed by atoms with van der Waals surface area (Å²) in [7, 11) is -2.94. The highest BCUT2D eigenvalue weighted by atomic mass is 32.2. The molecule has 0 bridgehead atoms. The first-order valence-electron chi connectivity index (χ1n) is 5.82. The molecule has 1 N–H and O–H groups in total. The number of carboxylic acids is 1. The van der Waals surface area contributed by atoms with E-state index in [4.69, 9.17) is 9.52 Å². The largest absolute Gasteiger partial charge is 0.475 e. The van der Waals surface area contributed by atoms with Gasteiger partial charge in [0.25, 0.3) is 10.0 Å². The third kappa shape index (κ3) is 2.62. The molecular formula is C13H12FNO5S. The van der Waals surface area contributed by atoms with Crippen LogP contribution in [0.15, 0.2) is 39.6 Å². The van der Waals surface area contributed by atoms with E-state index in [1.807, 2.05) is 0 Å². The Bertz CT molecular complexity index is 797. The summed E-state index contributed by atoms with van der Waals surface area (Å²) in [5.74, 6) is -2.65. The molecular weight excluding hydrogens is 301 g/mol. The summed E-state index contributed by atoms with van der Waals surface area (Å²) in [6.45, 7) is 1.33. The van der Waals surface area contributed by atoms with Crippen LogP contribution >= 0.6 is 0 Å². The van der Waals surface area contributed by atoms with Crippen molar-refractivity contribution in [3.63, 3.8) is 0 Å². The lowest BCUT2D eigenvalue weighted by atomic mass is 10.3. The molecule has 2 aromatic rings. The summed E-state index contributed by atoms with van der Waals surface area (Å²) in [6, 6.07) is 6.28. The number of furan rings is 1. The molecule has 0 saturated heterocycles. The highest BCUT2D eigenvalue weighted by Gasteiger charge is 2.29. The van der Waals surface area contributed by atoms with Crippen LogP contribution in [0.4, 0.5) is 10.1 Å². The standard InChI is InChI=1S/C13H12FNO5S/c1-8-12(7-11(20-8)13(16)17)21(18,19)15(2)10-6-4-3-5-9(10)14/h3-7H,1-2H3,(H,16,17). The minimum atomic E-state index is -4.12. The van der Waals surface area contributed by atoms with E-state index < -0.39 is 27.6 Å². The van der Waals surface area contributed by atoms with Gasteiger partial charge in [-0.1, -0.05) is 12.1 Å². The van der Waals surface area contributed by atoms with Gasteiger partial charge in [-0.25, -0.2) is 17.6 Å². The number of para-hydroxylation sites is 1. The quantitative estimate of drug-likeness (QED) is 0.935. The van der Waals surface area contributed by atoms with Crippen molar-refractivity contribution in [3.8, 4) is 0 Å². The minimum absolute atomic E-state index is 0.0735. The maximum atomic E-state index is 13.7. The highest BCUT2D eigenvalue weighted by Crippen LogP contribution is 2.28. The number of aryl methyl sites for hydroxylation is 1. The monoisotopic (exact) mass is 313 g/mol. The van der Waals surface area contributed by atoms with Crippen molar-refractivity contribution in [2.45, 2.75) is 11.8 Å². The van der Waals surface area contributed by atoms with Crippen LogP contribution in [0.25, 0.3) is 0 Å². The van der Waals surface area contributed by atoms with E-state index >= 15 is 0 Å². The Balaban J connectivity index is 2.52. The number of benzene rings is 1. The second-order valence-electron chi connectivity index (χ2n) is 4.26. The molecule has 1 aromatic heterocycles. The van der Waals surface area contributed by atoms with Gasteiger partial charge in [-0.15, -0.1) is 0 Å². The number of aromatic carboxylic acids is 1. The predicted octanol–water partition coefficient (Wildman–Crippen LogP) is 2.25. The molecule has 112 valence electrons. The molecule has 0 saturated carbocycles. The summed E-state index contributed by atoms with van der Waals surface area (Å²) in [6.07, 6.45) is 0. The molecule has 1 aromatic carbocycles. The third-order valence-electron chi connectivity index (χ3n) is 2.91. The maximum absolute atomic E-state index is 13.7. The summed E-state index contributed by atoms with van der Waals surface area (Å²) in [5.41, 5.74) is -0.144. The summed E-state index contributed by atoms with van der Waals surface area (Å²) >= 11 is 0. The molecule has 0 fully saturated rings. The Hall–Kier alpha value is -2.35. The zero-order chi connectivity index (χ0) is 15.8. The number of carbonyl (C=O) groups is 1. The maximum Gasteiger partial charge on any atom is 0.371 e. The van der Waals surface area contributed by atoms with Gasteiger partial charge in [-0.2, -0.15) is 0 Å². The average molecular weight is 313 g/mol. The van der Waals surface area contributed by atoms with Crippen LogP contribution < -0.4 is 4.31 Å². The van der Waals surface area contributed by atoms with Gasteiger partial charge >= 0.3 is 5.97 Å². The van der Waals surface area contributed by atoms with Gasteiger partial charge in [-0.3, -0.25) is 4.31 Å². The van der Waals surface area contributed by atoms with Crippen LogP contribution in [0.3, 0.4) is 0 Å². The lowest BCUT2D eigenvalue weighted by Gasteiger charge is -2.19. The molecule has 6 nitrogen and oxygen atoms in total. The fourth-order valence-corrected chi connectivity index (χ4v) is 3.17. The number of anilines is 1. The van der Waals surface area contributed by atoms with E-state index in [2.05, 4.69) is 0 Å². The van der Waals surface area contributed by atoms with Crippen molar-refractivity contribution in [2.24, 2.45) is 0 Å². The van der Waals surface area contributed by atoms with Gasteiger partial charge in [0.2, 0.25) is 5.76 Å². The first-order chi connectivity index (χ1) is 9.75. The SMILES string of the molecule is Cc1oc(C(=O)O)cc1S(=O)(=O)N(C)c1ccccc1F. The molecule has 8 heteroatoms.